The predicted molar refractivity (Wildman–Crippen MR) is 82.7 cm³/mol. The summed E-state index contributed by atoms with van der Waals surface area (Å²) in [5.41, 5.74) is 0.610. The molecule has 2 N–H and O–H groups in total. The maximum Gasteiger partial charge on any atom is 0.322 e. The number of ketones is 1. The fraction of sp³-hybridized carbons (Fsp3) is 0.118. The Balaban J connectivity index is 2.18. The summed E-state index contributed by atoms with van der Waals surface area (Å²) >= 11 is 0. The minimum Gasteiger partial charge on any atom is -0.480 e. The summed E-state index contributed by atoms with van der Waals surface area (Å²) in [4.78, 5) is 34.9. The second kappa shape index (κ2) is 7.74. The van der Waals surface area contributed by atoms with E-state index in [-0.39, 0.29) is 17.8 Å². The first-order valence-electron chi connectivity index (χ1n) is 6.88. The largest absolute Gasteiger partial charge is 0.480 e. The fourth-order valence-corrected chi connectivity index (χ4v) is 1.91. The number of carbonyl (C=O) groups is 3. The minimum atomic E-state index is -1.16. The Morgan fingerprint density at radius 3 is 2.43 bits per heavy atom. The molecule has 2 aromatic rings. The molecule has 1 amide bonds. The van der Waals surface area contributed by atoms with E-state index in [4.69, 9.17) is 9.52 Å². The number of benzene rings is 1. The normalized spacial score (nSPS) is 11.0. The van der Waals surface area contributed by atoms with Crippen LogP contribution in [0, 0.1) is 0 Å². The summed E-state index contributed by atoms with van der Waals surface area (Å²) in [6, 6.07) is 11.8. The van der Waals surface area contributed by atoms with Gasteiger partial charge in [-0.25, -0.2) is 0 Å². The summed E-state index contributed by atoms with van der Waals surface area (Å²) in [5, 5.41) is 10.9. The molecule has 0 aliphatic carbocycles. The maximum absolute atomic E-state index is 12.3. The molecule has 0 atom stereocenters. The third-order valence-corrected chi connectivity index (χ3v) is 3.00. The number of hydrogen-bond donors (Lipinski definition) is 2. The Bertz CT molecular complexity index is 717. The van der Waals surface area contributed by atoms with Crippen LogP contribution >= 0.6 is 0 Å². The molecule has 0 fully saturated rings. The lowest BCUT2D eigenvalue weighted by Crippen LogP contribution is -2.31. The van der Waals surface area contributed by atoms with Gasteiger partial charge in [-0.15, -0.1) is 0 Å². The van der Waals surface area contributed by atoms with Crippen LogP contribution in [0.2, 0.25) is 0 Å². The molecule has 23 heavy (non-hydrogen) atoms. The summed E-state index contributed by atoms with van der Waals surface area (Å²) in [7, 11) is 0. The molecule has 1 aromatic heterocycles. The Labute approximate surface area is 132 Å². The van der Waals surface area contributed by atoms with Crippen LogP contribution in [-0.4, -0.2) is 29.3 Å². The molecular weight excluding hydrogens is 298 g/mol. The van der Waals surface area contributed by atoms with Crippen molar-refractivity contribution in [1.29, 1.82) is 0 Å². The number of hydrogen-bond acceptors (Lipinski definition) is 4. The summed E-state index contributed by atoms with van der Waals surface area (Å²) in [6.07, 6.45) is 2.71. The maximum atomic E-state index is 12.3. The number of aliphatic carboxylic acids is 1. The highest BCUT2D eigenvalue weighted by molar-refractivity contribution is 6.07. The smallest absolute Gasteiger partial charge is 0.322 e. The molecule has 118 valence electrons. The average Bonchev–Trinajstić information content (AvgIpc) is 3.05. The number of Topliss-reactive ketones (excluding diaryl/α,β-unsaturated/α-hetero) is 1. The van der Waals surface area contributed by atoms with Crippen molar-refractivity contribution < 1.29 is 23.9 Å². The number of carbonyl (C=O) groups excluding carboxylic acids is 2. The monoisotopic (exact) mass is 313 g/mol. The first kappa shape index (κ1) is 16.2. The molecule has 0 unspecified atom stereocenters. The van der Waals surface area contributed by atoms with Crippen molar-refractivity contribution in [3.05, 3.63) is 65.6 Å². The van der Waals surface area contributed by atoms with E-state index in [1.54, 1.807) is 42.5 Å². The highest BCUT2D eigenvalue weighted by Gasteiger charge is 2.16. The van der Waals surface area contributed by atoms with Crippen LogP contribution < -0.4 is 5.32 Å². The van der Waals surface area contributed by atoms with Crippen molar-refractivity contribution in [3.8, 4) is 0 Å². The van der Waals surface area contributed by atoms with Crippen LogP contribution in [-0.2, 0) is 9.59 Å². The van der Waals surface area contributed by atoms with Crippen molar-refractivity contribution in [1.82, 2.24) is 5.32 Å². The van der Waals surface area contributed by atoms with Crippen LogP contribution in [0.5, 0.6) is 0 Å². The molecule has 1 aromatic carbocycles. The molecule has 0 aliphatic rings. The number of rotatable bonds is 7. The average molecular weight is 313 g/mol. The van der Waals surface area contributed by atoms with Crippen molar-refractivity contribution >= 4 is 23.7 Å². The molecule has 0 saturated carbocycles. The number of carboxylic acids is 1. The first-order valence-corrected chi connectivity index (χ1v) is 6.88. The van der Waals surface area contributed by atoms with E-state index in [0.29, 0.717) is 11.3 Å². The highest BCUT2D eigenvalue weighted by atomic mass is 16.4. The zero-order chi connectivity index (χ0) is 16.7. The van der Waals surface area contributed by atoms with Crippen LogP contribution in [0.25, 0.3) is 6.08 Å². The zero-order valence-electron chi connectivity index (χ0n) is 12.2. The van der Waals surface area contributed by atoms with Gasteiger partial charge >= 0.3 is 5.97 Å². The second-order valence-corrected chi connectivity index (χ2v) is 4.73. The third kappa shape index (κ3) is 4.96. The zero-order valence-corrected chi connectivity index (χ0v) is 12.2. The van der Waals surface area contributed by atoms with Gasteiger partial charge in [0.15, 0.2) is 5.78 Å². The van der Waals surface area contributed by atoms with Gasteiger partial charge < -0.3 is 14.8 Å². The quantitative estimate of drug-likeness (QED) is 0.603. The highest BCUT2D eigenvalue weighted by Crippen LogP contribution is 2.14. The van der Waals surface area contributed by atoms with Crippen LogP contribution in [0.4, 0.5) is 0 Å². The van der Waals surface area contributed by atoms with Crippen molar-refractivity contribution in [3.63, 3.8) is 0 Å². The standard InChI is InChI=1S/C17H15NO5/c19-15(12-5-2-1-3-6-12)10-13(9-14-7-4-8-23-14)17(22)18-11-16(20)21/h1-9H,10-11H2,(H,18,22)(H,20,21)/b13-9+. The van der Waals surface area contributed by atoms with E-state index >= 15 is 0 Å². The Morgan fingerprint density at radius 1 is 1.09 bits per heavy atom. The summed E-state index contributed by atoms with van der Waals surface area (Å²) in [6.45, 7) is -0.520. The molecule has 0 saturated heterocycles. The SMILES string of the molecule is O=C(O)CNC(=O)/C(=C/c1ccco1)CC(=O)c1ccccc1. The molecule has 0 spiro atoms. The van der Waals surface area contributed by atoms with Gasteiger partial charge in [0, 0.05) is 17.6 Å². The van der Waals surface area contributed by atoms with Crippen LogP contribution in [0.15, 0.2) is 58.7 Å². The number of nitrogens with one attached hydrogen (secondary N) is 1. The Kier molecular flexibility index (Phi) is 5.46. The van der Waals surface area contributed by atoms with Crippen LogP contribution in [0.1, 0.15) is 22.5 Å². The van der Waals surface area contributed by atoms with Gasteiger partial charge in [-0.2, -0.15) is 0 Å². The lowest BCUT2D eigenvalue weighted by atomic mass is 10.0. The van der Waals surface area contributed by atoms with Gasteiger partial charge in [0.1, 0.15) is 12.3 Å². The van der Waals surface area contributed by atoms with Crippen molar-refractivity contribution in [2.75, 3.05) is 6.54 Å². The molecule has 2 rings (SSSR count). The Morgan fingerprint density at radius 2 is 1.83 bits per heavy atom. The van der Waals surface area contributed by atoms with E-state index < -0.39 is 18.4 Å². The van der Waals surface area contributed by atoms with Gasteiger partial charge in [0.2, 0.25) is 5.91 Å². The van der Waals surface area contributed by atoms with Crippen molar-refractivity contribution in [2.45, 2.75) is 6.42 Å². The van der Waals surface area contributed by atoms with E-state index in [1.807, 2.05) is 0 Å². The number of amides is 1. The van der Waals surface area contributed by atoms with Gasteiger partial charge in [-0.1, -0.05) is 30.3 Å². The first-order chi connectivity index (χ1) is 11.1. The molecule has 0 bridgehead atoms. The topological polar surface area (TPSA) is 96.6 Å². The van der Waals surface area contributed by atoms with E-state index in [1.165, 1.54) is 12.3 Å². The van der Waals surface area contributed by atoms with Gasteiger partial charge in [-0.05, 0) is 18.2 Å². The molecule has 0 aliphatic heterocycles. The summed E-state index contributed by atoms with van der Waals surface area (Å²) in [5.74, 6) is -1.61. The molecular formula is C17H15NO5. The van der Waals surface area contributed by atoms with E-state index in [2.05, 4.69) is 5.32 Å². The van der Waals surface area contributed by atoms with E-state index in [0.717, 1.165) is 0 Å². The van der Waals surface area contributed by atoms with Gasteiger partial charge in [0.05, 0.1) is 6.26 Å². The van der Waals surface area contributed by atoms with Gasteiger partial charge in [-0.3, -0.25) is 14.4 Å². The molecule has 6 nitrogen and oxygen atoms in total. The summed E-state index contributed by atoms with van der Waals surface area (Å²) < 4.78 is 5.14. The second-order valence-electron chi connectivity index (χ2n) is 4.73. The Hall–Kier alpha value is -3.15. The molecule has 1 heterocycles. The predicted octanol–water partition coefficient (Wildman–Crippen LogP) is 2.14. The van der Waals surface area contributed by atoms with Crippen molar-refractivity contribution in [2.24, 2.45) is 0 Å². The van der Waals surface area contributed by atoms with Crippen LogP contribution in [0.3, 0.4) is 0 Å². The molecule has 0 radical (unpaired) electrons. The lowest BCUT2D eigenvalue weighted by Gasteiger charge is -2.07. The minimum absolute atomic E-state index is 0.134. The van der Waals surface area contributed by atoms with Gasteiger partial charge in [0.25, 0.3) is 0 Å². The van der Waals surface area contributed by atoms with E-state index in [9.17, 15) is 14.4 Å². The fourth-order valence-electron chi connectivity index (χ4n) is 1.91. The molecule has 6 heteroatoms. The number of carboxylic acid groups (broad SMARTS) is 1. The number of furan rings is 1. The third-order valence-electron chi connectivity index (χ3n) is 3.00. The lowest BCUT2D eigenvalue weighted by molar-refractivity contribution is -0.137.